The smallest absolute Gasteiger partial charge is 0.365 e. The molecular formula is C12H18N2O3S. The SMILES string of the molecule is CN(Cc1csc(C(=O)O)n1)CC1(O)CCCC1. The van der Waals surface area contributed by atoms with Crippen molar-refractivity contribution in [1.29, 1.82) is 0 Å². The topological polar surface area (TPSA) is 73.7 Å². The van der Waals surface area contributed by atoms with Crippen molar-refractivity contribution >= 4 is 17.3 Å². The van der Waals surface area contributed by atoms with E-state index in [0.717, 1.165) is 42.7 Å². The van der Waals surface area contributed by atoms with Crippen LogP contribution in [-0.4, -0.2) is 45.3 Å². The molecule has 0 amide bonds. The molecule has 1 aromatic rings. The van der Waals surface area contributed by atoms with Gasteiger partial charge in [-0.25, -0.2) is 9.78 Å². The number of carbonyl (C=O) groups is 1. The molecule has 0 bridgehead atoms. The maximum absolute atomic E-state index is 10.7. The van der Waals surface area contributed by atoms with E-state index in [-0.39, 0.29) is 5.01 Å². The molecular weight excluding hydrogens is 252 g/mol. The summed E-state index contributed by atoms with van der Waals surface area (Å²) in [5, 5.41) is 21.0. The maximum Gasteiger partial charge on any atom is 0.365 e. The minimum atomic E-state index is -0.983. The molecule has 6 heteroatoms. The Hall–Kier alpha value is -0.980. The second-order valence-electron chi connectivity index (χ2n) is 5.05. The fourth-order valence-electron chi connectivity index (χ4n) is 2.50. The number of aromatic nitrogens is 1. The van der Waals surface area contributed by atoms with Crippen LogP contribution in [0.3, 0.4) is 0 Å². The zero-order valence-corrected chi connectivity index (χ0v) is 11.2. The van der Waals surface area contributed by atoms with Gasteiger partial charge in [0.05, 0.1) is 11.3 Å². The van der Waals surface area contributed by atoms with Crippen molar-refractivity contribution in [2.75, 3.05) is 13.6 Å². The second kappa shape index (κ2) is 5.34. The molecule has 1 aliphatic rings. The number of carboxylic acid groups (broad SMARTS) is 1. The highest BCUT2D eigenvalue weighted by Gasteiger charge is 2.32. The van der Waals surface area contributed by atoms with Crippen LogP contribution < -0.4 is 0 Å². The Balaban J connectivity index is 1.90. The van der Waals surface area contributed by atoms with E-state index in [1.807, 2.05) is 11.9 Å². The average Bonchev–Trinajstić information content (AvgIpc) is 2.87. The van der Waals surface area contributed by atoms with Crippen LogP contribution in [-0.2, 0) is 6.54 Å². The van der Waals surface area contributed by atoms with Gasteiger partial charge in [0, 0.05) is 18.5 Å². The summed E-state index contributed by atoms with van der Waals surface area (Å²) >= 11 is 1.14. The molecule has 18 heavy (non-hydrogen) atoms. The van der Waals surface area contributed by atoms with E-state index in [2.05, 4.69) is 4.98 Å². The van der Waals surface area contributed by atoms with Gasteiger partial charge in [0.25, 0.3) is 0 Å². The predicted octanol–water partition coefficient (Wildman–Crippen LogP) is 1.58. The van der Waals surface area contributed by atoms with Crippen molar-refractivity contribution in [3.05, 3.63) is 16.1 Å². The van der Waals surface area contributed by atoms with E-state index >= 15 is 0 Å². The third-order valence-corrected chi connectivity index (χ3v) is 4.14. The first-order valence-corrected chi connectivity index (χ1v) is 6.95. The summed E-state index contributed by atoms with van der Waals surface area (Å²) in [6, 6.07) is 0. The van der Waals surface area contributed by atoms with Crippen molar-refractivity contribution in [1.82, 2.24) is 9.88 Å². The molecule has 0 unspecified atom stereocenters. The molecule has 100 valence electrons. The van der Waals surface area contributed by atoms with Crippen molar-refractivity contribution in [3.63, 3.8) is 0 Å². The van der Waals surface area contributed by atoms with Gasteiger partial charge >= 0.3 is 5.97 Å². The van der Waals surface area contributed by atoms with Crippen LogP contribution in [0.5, 0.6) is 0 Å². The van der Waals surface area contributed by atoms with E-state index in [0.29, 0.717) is 13.1 Å². The quantitative estimate of drug-likeness (QED) is 0.849. The number of thiazole rings is 1. The molecule has 0 atom stereocenters. The minimum Gasteiger partial charge on any atom is -0.476 e. The van der Waals surface area contributed by atoms with Gasteiger partial charge in [-0.2, -0.15) is 0 Å². The molecule has 1 fully saturated rings. The van der Waals surface area contributed by atoms with Gasteiger partial charge in [-0.1, -0.05) is 12.8 Å². The predicted molar refractivity (Wildman–Crippen MR) is 68.8 cm³/mol. The van der Waals surface area contributed by atoms with Crippen molar-refractivity contribution in [3.8, 4) is 0 Å². The van der Waals surface area contributed by atoms with E-state index in [4.69, 9.17) is 5.11 Å². The monoisotopic (exact) mass is 270 g/mol. The third-order valence-electron chi connectivity index (χ3n) is 3.27. The number of aromatic carboxylic acids is 1. The molecule has 5 nitrogen and oxygen atoms in total. The Bertz CT molecular complexity index is 427. The lowest BCUT2D eigenvalue weighted by Crippen LogP contribution is -2.38. The highest BCUT2D eigenvalue weighted by molar-refractivity contribution is 7.11. The van der Waals surface area contributed by atoms with Crippen molar-refractivity contribution < 1.29 is 15.0 Å². The summed E-state index contributed by atoms with van der Waals surface area (Å²) in [7, 11) is 1.93. The Labute approximate surface area is 110 Å². The number of hydrogen-bond donors (Lipinski definition) is 2. The summed E-state index contributed by atoms with van der Waals surface area (Å²) in [6.45, 7) is 1.19. The van der Waals surface area contributed by atoms with Gasteiger partial charge in [-0.15, -0.1) is 11.3 Å². The van der Waals surface area contributed by atoms with Crippen LogP contribution in [0.2, 0.25) is 0 Å². The summed E-state index contributed by atoms with van der Waals surface area (Å²) in [4.78, 5) is 16.8. The molecule has 2 N–H and O–H groups in total. The van der Waals surface area contributed by atoms with Crippen LogP contribution in [0.25, 0.3) is 0 Å². The molecule has 1 saturated carbocycles. The van der Waals surface area contributed by atoms with Crippen LogP contribution in [0, 0.1) is 0 Å². The summed E-state index contributed by atoms with van der Waals surface area (Å²) in [5.74, 6) is -0.983. The highest BCUT2D eigenvalue weighted by atomic mass is 32.1. The number of hydrogen-bond acceptors (Lipinski definition) is 5. The maximum atomic E-state index is 10.7. The van der Waals surface area contributed by atoms with E-state index in [9.17, 15) is 9.90 Å². The first-order chi connectivity index (χ1) is 8.48. The van der Waals surface area contributed by atoms with Gasteiger partial charge in [0.1, 0.15) is 0 Å². The Morgan fingerprint density at radius 2 is 2.22 bits per heavy atom. The van der Waals surface area contributed by atoms with Crippen LogP contribution in [0.4, 0.5) is 0 Å². The number of carboxylic acids is 1. The second-order valence-corrected chi connectivity index (χ2v) is 5.91. The fourth-order valence-corrected chi connectivity index (χ4v) is 3.15. The number of likely N-dealkylation sites (N-methyl/N-ethyl adjacent to an activating group) is 1. The molecule has 1 heterocycles. The molecule has 0 radical (unpaired) electrons. The fraction of sp³-hybridized carbons (Fsp3) is 0.667. The molecule has 0 aromatic carbocycles. The van der Waals surface area contributed by atoms with Crippen molar-refractivity contribution in [2.24, 2.45) is 0 Å². The zero-order valence-electron chi connectivity index (χ0n) is 10.4. The van der Waals surface area contributed by atoms with Crippen LogP contribution >= 0.6 is 11.3 Å². The molecule has 0 spiro atoms. The third kappa shape index (κ3) is 3.28. The lowest BCUT2D eigenvalue weighted by Gasteiger charge is -2.28. The lowest BCUT2D eigenvalue weighted by atomic mass is 10.0. The normalized spacial score (nSPS) is 18.4. The van der Waals surface area contributed by atoms with Gasteiger partial charge in [0.2, 0.25) is 5.01 Å². The molecule has 0 aliphatic heterocycles. The van der Waals surface area contributed by atoms with Gasteiger partial charge in [-0.3, -0.25) is 4.90 Å². The molecule has 2 rings (SSSR count). The first-order valence-electron chi connectivity index (χ1n) is 6.07. The molecule has 1 aliphatic carbocycles. The number of rotatable bonds is 5. The molecule has 1 aromatic heterocycles. The van der Waals surface area contributed by atoms with Crippen molar-refractivity contribution in [2.45, 2.75) is 37.8 Å². The number of nitrogens with zero attached hydrogens (tertiary/aromatic N) is 2. The lowest BCUT2D eigenvalue weighted by molar-refractivity contribution is 0.0142. The van der Waals surface area contributed by atoms with E-state index in [1.165, 1.54) is 0 Å². The molecule has 0 saturated heterocycles. The Kier molecular flexibility index (Phi) is 3.99. The summed E-state index contributed by atoms with van der Waals surface area (Å²) < 4.78 is 0. The zero-order chi connectivity index (χ0) is 13.2. The highest BCUT2D eigenvalue weighted by Crippen LogP contribution is 2.30. The van der Waals surface area contributed by atoms with Crippen LogP contribution in [0.15, 0.2) is 5.38 Å². The minimum absolute atomic E-state index is 0.123. The number of aliphatic hydroxyl groups is 1. The summed E-state index contributed by atoms with van der Waals surface area (Å²) in [5.41, 5.74) is 0.182. The van der Waals surface area contributed by atoms with Gasteiger partial charge in [-0.05, 0) is 19.9 Å². The van der Waals surface area contributed by atoms with E-state index < -0.39 is 11.6 Å². The largest absolute Gasteiger partial charge is 0.476 e. The Morgan fingerprint density at radius 3 is 2.78 bits per heavy atom. The first kappa shape index (κ1) is 13.5. The standard InChI is InChI=1S/C12H18N2O3S/c1-14(8-12(17)4-2-3-5-12)6-9-7-18-10(13-9)11(15)16/h7,17H,2-6,8H2,1H3,(H,15,16). The van der Waals surface area contributed by atoms with Crippen LogP contribution in [0.1, 0.15) is 41.2 Å². The summed E-state index contributed by atoms with van der Waals surface area (Å²) in [6.07, 6.45) is 3.89. The Morgan fingerprint density at radius 1 is 1.56 bits per heavy atom. The van der Waals surface area contributed by atoms with Gasteiger partial charge in [0.15, 0.2) is 0 Å². The van der Waals surface area contributed by atoms with Gasteiger partial charge < -0.3 is 10.2 Å². The average molecular weight is 270 g/mol. The van der Waals surface area contributed by atoms with E-state index in [1.54, 1.807) is 5.38 Å².